The third-order valence-electron chi connectivity index (χ3n) is 3.86. The van der Waals surface area contributed by atoms with Crippen molar-refractivity contribution in [2.45, 2.75) is 31.6 Å². The number of ether oxygens (including phenoxy) is 3. The fourth-order valence-electron chi connectivity index (χ4n) is 2.48. The second-order valence-electron chi connectivity index (χ2n) is 5.16. The summed E-state index contributed by atoms with van der Waals surface area (Å²) in [7, 11) is 0. The average Bonchev–Trinajstić information content (AvgIpc) is 2.97. The highest BCUT2D eigenvalue weighted by molar-refractivity contribution is 5.44. The third-order valence-corrected chi connectivity index (χ3v) is 3.86. The minimum atomic E-state index is -0.754. The monoisotopic (exact) mass is 265 g/mol. The van der Waals surface area contributed by atoms with E-state index in [1.54, 1.807) is 0 Å². The second kappa shape index (κ2) is 5.00. The van der Waals surface area contributed by atoms with Crippen LogP contribution in [0.5, 0.6) is 11.5 Å². The zero-order valence-corrected chi connectivity index (χ0v) is 11.0. The van der Waals surface area contributed by atoms with Gasteiger partial charge in [-0.3, -0.25) is 0 Å². The lowest BCUT2D eigenvalue weighted by Crippen LogP contribution is -2.45. The standard InChI is InChI=1S/C14H19NO4/c1-10-14(16,4-5-17-10)8-15-7-11-2-3-12-13(6-11)19-9-18-12/h2-3,6,10,15-16H,4-5,7-9H2,1H3. The molecule has 1 aromatic rings. The predicted molar refractivity (Wildman–Crippen MR) is 69.3 cm³/mol. The molecule has 2 aliphatic rings. The van der Waals surface area contributed by atoms with Gasteiger partial charge in [0.25, 0.3) is 0 Å². The molecule has 2 atom stereocenters. The number of fused-ring (bicyclic) bond motifs is 1. The molecule has 5 nitrogen and oxygen atoms in total. The van der Waals surface area contributed by atoms with Crippen LogP contribution in [0.15, 0.2) is 18.2 Å². The smallest absolute Gasteiger partial charge is 0.231 e. The van der Waals surface area contributed by atoms with E-state index in [0.717, 1.165) is 17.1 Å². The molecule has 104 valence electrons. The van der Waals surface area contributed by atoms with Gasteiger partial charge in [0.15, 0.2) is 11.5 Å². The summed E-state index contributed by atoms with van der Waals surface area (Å²) in [5, 5.41) is 13.6. The molecule has 19 heavy (non-hydrogen) atoms. The largest absolute Gasteiger partial charge is 0.454 e. The number of aliphatic hydroxyl groups is 1. The van der Waals surface area contributed by atoms with Crippen molar-refractivity contribution < 1.29 is 19.3 Å². The number of hydrogen-bond donors (Lipinski definition) is 2. The highest BCUT2D eigenvalue weighted by Gasteiger charge is 2.38. The lowest BCUT2D eigenvalue weighted by atomic mass is 9.96. The van der Waals surface area contributed by atoms with Gasteiger partial charge in [-0.1, -0.05) is 6.07 Å². The molecule has 5 heteroatoms. The van der Waals surface area contributed by atoms with Crippen LogP contribution in [0.25, 0.3) is 0 Å². The zero-order chi connectivity index (χ0) is 13.3. The molecule has 0 radical (unpaired) electrons. The molecule has 2 unspecified atom stereocenters. The van der Waals surface area contributed by atoms with Gasteiger partial charge in [0.1, 0.15) is 5.60 Å². The Kier molecular flexibility index (Phi) is 3.35. The van der Waals surface area contributed by atoms with E-state index in [4.69, 9.17) is 14.2 Å². The summed E-state index contributed by atoms with van der Waals surface area (Å²) in [5.41, 5.74) is 0.357. The van der Waals surface area contributed by atoms with Crippen molar-refractivity contribution >= 4 is 0 Å². The van der Waals surface area contributed by atoms with Gasteiger partial charge in [0.05, 0.1) is 6.10 Å². The van der Waals surface area contributed by atoms with E-state index in [-0.39, 0.29) is 6.10 Å². The van der Waals surface area contributed by atoms with Crippen molar-refractivity contribution in [1.29, 1.82) is 0 Å². The van der Waals surface area contributed by atoms with E-state index in [2.05, 4.69) is 5.32 Å². The lowest BCUT2D eigenvalue weighted by Gasteiger charge is -2.26. The summed E-state index contributed by atoms with van der Waals surface area (Å²) in [6, 6.07) is 5.88. The Hall–Kier alpha value is -1.30. The van der Waals surface area contributed by atoms with E-state index in [1.165, 1.54) is 0 Å². The minimum Gasteiger partial charge on any atom is -0.454 e. The molecule has 0 spiro atoms. The fraction of sp³-hybridized carbons (Fsp3) is 0.571. The van der Waals surface area contributed by atoms with Crippen LogP contribution in [0.2, 0.25) is 0 Å². The van der Waals surface area contributed by atoms with Crippen LogP contribution in [0.4, 0.5) is 0 Å². The summed E-state index contributed by atoms with van der Waals surface area (Å²) in [6.07, 6.45) is 0.569. The molecule has 2 aliphatic heterocycles. The van der Waals surface area contributed by atoms with E-state index in [9.17, 15) is 5.11 Å². The molecule has 0 amide bonds. The molecule has 3 rings (SSSR count). The molecule has 0 saturated carbocycles. The van der Waals surface area contributed by atoms with Crippen LogP contribution in [-0.4, -0.2) is 36.8 Å². The van der Waals surface area contributed by atoms with Gasteiger partial charge in [0.2, 0.25) is 6.79 Å². The second-order valence-corrected chi connectivity index (χ2v) is 5.16. The SMILES string of the molecule is CC1OCCC1(O)CNCc1ccc2c(c1)OCO2. The molecular formula is C14H19NO4. The Balaban J connectivity index is 1.55. The number of benzene rings is 1. The van der Waals surface area contributed by atoms with Gasteiger partial charge in [0, 0.05) is 26.1 Å². The predicted octanol–water partition coefficient (Wildman–Crippen LogP) is 1.04. The van der Waals surface area contributed by atoms with Gasteiger partial charge in [-0.2, -0.15) is 0 Å². The van der Waals surface area contributed by atoms with E-state index in [0.29, 0.717) is 32.9 Å². The van der Waals surface area contributed by atoms with Gasteiger partial charge >= 0.3 is 0 Å². The Morgan fingerprint density at radius 1 is 1.37 bits per heavy atom. The van der Waals surface area contributed by atoms with Crippen molar-refractivity contribution in [3.63, 3.8) is 0 Å². The van der Waals surface area contributed by atoms with Gasteiger partial charge in [-0.15, -0.1) is 0 Å². The van der Waals surface area contributed by atoms with E-state index >= 15 is 0 Å². The average molecular weight is 265 g/mol. The third kappa shape index (κ3) is 2.54. The summed E-state index contributed by atoms with van der Waals surface area (Å²) in [6.45, 7) is 4.05. The topological polar surface area (TPSA) is 60.0 Å². The summed E-state index contributed by atoms with van der Waals surface area (Å²) in [4.78, 5) is 0. The summed E-state index contributed by atoms with van der Waals surface area (Å²) < 4.78 is 16.0. The molecule has 0 bridgehead atoms. The summed E-state index contributed by atoms with van der Waals surface area (Å²) in [5.74, 6) is 1.58. The maximum Gasteiger partial charge on any atom is 0.231 e. The molecule has 2 N–H and O–H groups in total. The van der Waals surface area contributed by atoms with Crippen molar-refractivity contribution in [1.82, 2.24) is 5.32 Å². The number of hydrogen-bond acceptors (Lipinski definition) is 5. The van der Waals surface area contributed by atoms with Crippen LogP contribution >= 0.6 is 0 Å². The van der Waals surface area contributed by atoms with Crippen LogP contribution in [0.3, 0.4) is 0 Å². The van der Waals surface area contributed by atoms with Crippen LogP contribution in [0.1, 0.15) is 18.9 Å². The molecule has 0 aromatic heterocycles. The molecule has 0 aliphatic carbocycles. The maximum absolute atomic E-state index is 10.4. The molecule has 1 saturated heterocycles. The quantitative estimate of drug-likeness (QED) is 0.852. The minimum absolute atomic E-state index is 0.114. The number of nitrogens with one attached hydrogen (secondary N) is 1. The first kappa shape index (κ1) is 12.7. The highest BCUT2D eigenvalue weighted by atomic mass is 16.7. The molecular weight excluding hydrogens is 246 g/mol. The van der Waals surface area contributed by atoms with Gasteiger partial charge in [-0.05, 0) is 24.6 Å². The highest BCUT2D eigenvalue weighted by Crippen LogP contribution is 2.32. The Bertz CT molecular complexity index is 465. The van der Waals surface area contributed by atoms with Gasteiger partial charge in [-0.25, -0.2) is 0 Å². The normalized spacial score (nSPS) is 28.8. The van der Waals surface area contributed by atoms with Gasteiger partial charge < -0.3 is 24.6 Å². The van der Waals surface area contributed by atoms with Crippen molar-refractivity contribution in [3.05, 3.63) is 23.8 Å². The number of rotatable bonds is 4. The van der Waals surface area contributed by atoms with Crippen molar-refractivity contribution in [3.8, 4) is 11.5 Å². The van der Waals surface area contributed by atoms with Crippen molar-refractivity contribution in [2.75, 3.05) is 19.9 Å². The lowest BCUT2D eigenvalue weighted by molar-refractivity contribution is -0.0262. The summed E-state index contributed by atoms with van der Waals surface area (Å²) >= 11 is 0. The first-order valence-corrected chi connectivity index (χ1v) is 6.61. The van der Waals surface area contributed by atoms with Crippen LogP contribution < -0.4 is 14.8 Å². The molecule has 1 aromatic carbocycles. The Morgan fingerprint density at radius 3 is 3.00 bits per heavy atom. The van der Waals surface area contributed by atoms with Crippen LogP contribution in [0, 0.1) is 0 Å². The fourth-order valence-corrected chi connectivity index (χ4v) is 2.48. The van der Waals surface area contributed by atoms with Crippen LogP contribution in [-0.2, 0) is 11.3 Å². The first-order valence-electron chi connectivity index (χ1n) is 6.61. The first-order chi connectivity index (χ1) is 9.17. The molecule has 2 heterocycles. The van der Waals surface area contributed by atoms with Crippen molar-refractivity contribution in [2.24, 2.45) is 0 Å². The van der Waals surface area contributed by atoms with E-state index < -0.39 is 5.60 Å². The van der Waals surface area contributed by atoms with E-state index in [1.807, 2.05) is 25.1 Å². The Labute approximate surface area is 112 Å². The molecule has 1 fully saturated rings. The zero-order valence-electron chi connectivity index (χ0n) is 11.0. The maximum atomic E-state index is 10.4. The Morgan fingerprint density at radius 2 is 2.21 bits per heavy atom.